The quantitative estimate of drug-likeness (QED) is 0.394. The molecule has 0 unspecified atom stereocenters. The van der Waals surface area contributed by atoms with E-state index in [0.29, 0.717) is 17.3 Å². The summed E-state index contributed by atoms with van der Waals surface area (Å²) in [5.74, 6) is -0.512. The molecule has 0 atom stereocenters. The van der Waals surface area contributed by atoms with Crippen molar-refractivity contribution in [1.29, 1.82) is 0 Å². The lowest BCUT2D eigenvalue weighted by molar-refractivity contribution is 0.0484. The first kappa shape index (κ1) is 22.2. The molecule has 0 aliphatic carbocycles. The molecule has 0 bridgehead atoms. The van der Waals surface area contributed by atoms with Crippen LogP contribution in [0.3, 0.4) is 0 Å². The zero-order valence-electron chi connectivity index (χ0n) is 18.8. The van der Waals surface area contributed by atoms with Gasteiger partial charge in [-0.3, -0.25) is 18.7 Å². The number of hydrogen-bond acceptors (Lipinski definition) is 7. The van der Waals surface area contributed by atoms with Crippen molar-refractivity contribution in [2.45, 2.75) is 26.9 Å². The maximum absolute atomic E-state index is 12.9. The third-order valence-corrected chi connectivity index (χ3v) is 5.38. The second-order valence-electron chi connectivity index (χ2n) is 8.23. The van der Waals surface area contributed by atoms with Crippen molar-refractivity contribution in [3.8, 4) is 0 Å². The van der Waals surface area contributed by atoms with Crippen molar-refractivity contribution in [2.75, 3.05) is 6.61 Å². The van der Waals surface area contributed by atoms with Crippen molar-refractivity contribution >= 4 is 27.9 Å². The summed E-state index contributed by atoms with van der Waals surface area (Å²) in [6.45, 7) is 4.37. The van der Waals surface area contributed by atoms with Gasteiger partial charge in [-0.25, -0.2) is 19.3 Å². The molecule has 4 aromatic rings. The maximum atomic E-state index is 12.9. The molecule has 0 aliphatic rings. The van der Waals surface area contributed by atoms with Crippen LogP contribution >= 0.6 is 0 Å². The van der Waals surface area contributed by atoms with Crippen LogP contribution in [0.5, 0.6) is 0 Å². The van der Waals surface area contributed by atoms with Gasteiger partial charge in [-0.2, -0.15) is 5.10 Å². The van der Waals surface area contributed by atoms with E-state index in [1.54, 1.807) is 24.3 Å². The molecule has 3 heterocycles. The Morgan fingerprint density at radius 2 is 1.73 bits per heavy atom. The molecule has 0 radical (unpaired) electrons. The van der Waals surface area contributed by atoms with Crippen molar-refractivity contribution in [3.63, 3.8) is 0 Å². The number of ether oxygens (including phenoxy) is 1. The number of aryl methyl sites for hydroxylation is 1. The number of fused-ring (bicyclic) bond motifs is 2. The maximum Gasteiger partial charge on any atom is 0.359 e. The van der Waals surface area contributed by atoms with Crippen LogP contribution in [0.15, 0.2) is 45.0 Å². The van der Waals surface area contributed by atoms with Gasteiger partial charge >= 0.3 is 11.7 Å². The van der Waals surface area contributed by atoms with Crippen LogP contribution in [-0.4, -0.2) is 41.0 Å². The summed E-state index contributed by atoms with van der Waals surface area (Å²) in [5, 5.41) is 5.09. The van der Waals surface area contributed by atoms with Crippen LogP contribution in [0.4, 0.5) is 0 Å². The summed E-state index contributed by atoms with van der Waals surface area (Å²) in [5.41, 5.74) is -0.668. The fourth-order valence-electron chi connectivity index (χ4n) is 3.73. The lowest BCUT2D eigenvalue weighted by Gasteiger charge is -2.12. The first-order valence-corrected chi connectivity index (χ1v) is 10.5. The standard InChI is InChI=1S/C22H24N6O5/c1-13(2)11-28-19(29)15-8-6-5-7-14(15)16(24-28)21(31)33-10-9-27-12-23-18-17(27)20(30)26(4)22(32)25(18)3/h5-8,12-13H,9-11H2,1-4H3. The van der Waals surface area contributed by atoms with E-state index < -0.39 is 17.2 Å². The van der Waals surface area contributed by atoms with E-state index in [2.05, 4.69) is 10.1 Å². The predicted molar refractivity (Wildman–Crippen MR) is 121 cm³/mol. The van der Waals surface area contributed by atoms with Crippen LogP contribution in [-0.2, 0) is 31.9 Å². The van der Waals surface area contributed by atoms with E-state index in [-0.39, 0.29) is 41.5 Å². The molecule has 0 spiro atoms. The number of imidazole rings is 1. The Labute approximate surface area is 187 Å². The van der Waals surface area contributed by atoms with Crippen molar-refractivity contribution in [3.05, 3.63) is 67.5 Å². The van der Waals surface area contributed by atoms with E-state index in [1.165, 1.54) is 34.2 Å². The Bertz CT molecular complexity index is 1560. The summed E-state index contributed by atoms with van der Waals surface area (Å²) in [6.07, 6.45) is 1.43. The minimum atomic E-state index is -0.673. The molecule has 0 fully saturated rings. The van der Waals surface area contributed by atoms with Gasteiger partial charge < -0.3 is 9.30 Å². The van der Waals surface area contributed by atoms with E-state index in [0.717, 1.165) is 4.57 Å². The molecule has 3 aromatic heterocycles. The molecule has 4 rings (SSSR count). The number of aromatic nitrogens is 6. The van der Waals surface area contributed by atoms with Gasteiger partial charge in [0.15, 0.2) is 16.9 Å². The Balaban J connectivity index is 1.62. The Hall–Kier alpha value is -4.02. The Morgan fingerprint density at radius 3 is 2.42 bits per heavy atom. The van der Waals surface area contributed by atoms with Crippen LogP contribution < -0.4 is 16.8 Å². The second kappa shape index (κ2) is 8.49. The third-order valence-electron chi connectivity index (χ3n) is 5.38. The van der Waals surface area contributed by atoms with Gasteiger partial charge in [-0.15, -0.1) is 0 Å². The van der Waals surface area contributed by atoms with Gasteiger partial charge in [0.2, 0.25) is 0 Å². The number of hydrogen-bond donors (Lipinski definition) is 0. The second-order valence-corrected chi connectivity index (χ2v) is 8.23. The molecule has 0 amide bonds. The third kappa shape index (κ3) is 3.86. The zero-order chi connectivity index (χ0) is 23.9. The summed E-state index contributed by atoms with van der Waals surface area (Å²) < 4.78 is 10.6. The van der Waals surface area contributed by atoms with Crippen molar-refractivity contribution in [1.82, 2.24) is 28.5 Å². The average Bonchev–Trinajstić information content (AvgIpc) is 3.22. The first-order chi connectivity index (χ1) is 15.7. The van der Waals surface area contributed by atoms with E-state index in [9.17, 15) is 19.2 Å². The first-order valence-electron chi connectivity index (χ1n) is 10.5. The summed E-state index contributed by atoms with van der Waals surface area (Å²) in [4.78, 5) is 54.4. The van der Waals surface area contributed by atoms with Gasteiger partial charge in [0.1, 0.15) is 6.61 Å². The van der Waals surface area contributed by atoms with Gasteiger partial charge in [-0.1, -0.05) is 32.0 Å². The highest BCUT2D eigenvalue weighted by molar-refractivity contribution is 6.02. The Kier molecular flexibility index (Phi) is 5.71. The predicted octanol–water partition coefficient (Wildman–Crippen LogP) is 0.657. The lowest BCUT2D eigenvalue weighted by atomic mass is 10.1. The van der Waals surface area contributed by atoms with Crippen molar-refractivity contribution < 1.29 is 9.53 Å². The lowest BCUT2D eigenvalue weighted by Crippen LogP contribution is -2.37. The van der Waals surface area contributed by atoms with Crippen LogP contribution in [0.2, 0.25) is 0 Å². The number of nitrogens with zero attached hydrogens (tertiary/aromatic N) is 6. The highest BCUT2D eigenvalue weighted by Gasteiger charge is 2.19. The smallest absolute Gasteiger partial charge is 0.359 e. The van der Waals surface area contributed by atoms with E-state index >= 15 is 0 Å². The average molecular weight is 452 g/mol. The summed E-state index contributed by atoms with van der Waals surface area (Å²) in [6, 6.07) is 6.78. The minimum absolute atomic E-state index is 0.0552. The monoisotopic (exact) mass is 452 g/mol. The summed E-state index contributed by atoms with van der Waals surface area (Å²) in [7, 11) is 2.93. The fraction of sp³-hybridized carbons (Fsp3) is 0.364. The number of carbonyl (C=O) groups excluding carboxylic acids is 1. The number of rotatable bonds is 6. The normalized spacial score (nSPS) is 11.5. The number of benzene rings is 1. The zero-order valence-corrected chi connectivity index (χ0v) is 18.8. The molecule has 11 nitrogen and oxygen atoms in total. The molecule has 1 aromatic carbocycles. The molecular formula is C22H24N6O5. The molecule has 0 saturated heterocycles. The fourth-order valence-corrected chi connectivity index (χ4v) is 3.73. The molecule has 172 valence electrons. The summed E-state index contributed by atoms with van der Waals surface area (Å²) >= 11 is 0. The van der Waals surface area contributed by atoms with Crippen LogP contribution in [0.1, 0.15) is 24.3 Å². The molecule has 11 heteroatoms. The largest absolute Gasteiger partial charge is 0.459 e. The van der Waals surface area contributed by atoms with Gasteiger partial charge in [0, 0.05) is 26.0 Å². The highest BCUT2D eigenvalue weighted by atomic mass is 16.5. The highest BCUT2D eigenvalue weighted by Crippen LogP contribution is 2.15. The van der Waals surface area contributed by atoms with Crippen molar-refractivity contribution in [2.24, 2.45) is 20.0 Å². The Morgan fingerprint density at radius 1 is 1.03 bits per heavy atom. The molecular weight excluding hydrogens is 428 g/mol. The molecule has 0 N–H and O–H groups in total. The molecule has 33 heavy (non-hydrogen) atoms. The van der Waals surface area contributed by atoms with Crippen LogP contribution in [0, 0.1) is 5.92 Å². The number of carbonyl (C=O) groups is 1. The SMILES string of the molecule is CC(C)Cn1nc(C(=O)OCCn2cnc3c2c(=O)n(C)c(=O)n3C)c2ccccc2c1=O. The molecule has 0 saturated carbocycles. The van der Waals surface area contributed by atoms with Gasteiger partial charge in [0.05, 0.1) is 18.3 Å². The van der Waals surface area contributed by atoms with E-state index in [4.69, 9.17) is 4.74 Å². The number of esters is 1. The van der Waals surface area contributed by atoms with E-state index in [1.807, 2.05) is 13.8 Å². The van der Waals surface area contributed by atoms with Gasteiger partial charge in [0.25, 0.3) is 11.1 Å². The topological polar surface area (TPSA) is 123 Å². The minimum Gasteiger partial charge on any atom is -0.459 e. The van der Waals surface area contributed by atoms with Crippen LogP contribution in [0.25, 0.3) is 21.9 Å². The molecule has 0 aliphatic heterocycles. The van der Waals surface area contributed by atoms with Gasteiger partial charge in [-0.05, 0) is 12.0 Å².